The number of aromatic nitrogens is 1. The molecule has 0 saturated carbocycles. The minimum Gasteiger partial charge on any atom is -0.381 e. The second-order valence-corrected chi connectivity index (χ2v) is 6.15. The van der Waals surface area contributed by atoms with Crippen LogP contribution in [0.15, 0.2) is 36.5 Å². The maximum Gasteiger partial charge on any atom is 0.246 e. The van der Waals surface area contributed by atoms with Crippen molar-refractivity contribution in [1.29, 1.82) is 0 Å². The van der Waals surface area contributed by atoms with E-state index in [4.69, 9.17) is 10.5 Å². The molecule has 0 spiro atoms. The van der Waals surface area contributed by atoms with Gasteiger partial charge in [-0.05, 0) is 18.4 Å². The van der Waals surface area contributed by atoms with Gasteiger partial charge in [0.05, 0.1) is 4.88 Å². The highest BCUT2D eigenvalue weighted by molar-refractivity contribution is 7.19. The maximum atomic E-state index is 12.3. The molecule has 1 amide bonds. The normalized spacial score (nSPS) is 16.6. The summed E-state index contributed by atoms with van der Waals surface area (Å²) < 4.78 is 5.25. The van der Waals surface area contributed by atoms with Crippen molar-refractivity contribution < 1.29 is 9.53 Å². The van der Waals surface area contributed by atoms with Crippen LogP contribution in [-0.4, -0.2) is 29.6 Å². The molecule has 118 valence electrons. The molecule has 0 radical (unpaired) electrons. The Bertz CT molecular complexity index is 627. The number of anilines is 1. The summed E-state index contributed by atoms with van der Waals surface area (Å²) in [5.41, 5.74) is 6.39. The van der Waals surface area contributed by atoms with Crippen LogP contribution in [0.2, 0.25) is 0 Å². The van der Waals surface area contributed by atoms with Crippen molar-refractivity contribution in [3.8, 4) is 10.4 Å². The molecule has 5 nitrogen and oxygen atoms in total. The average Bonchev–Trinajstić information content (AvgIpc) is 2.97. The second-order valence-electron chi connectivity index (χ2n) is 5.12. The lowest BCUT2D eigenvalue weighted by Crippen LogP contribution is -2.54. The number of nitrogens with one attached hydrogen (secondary N) is 1. The van der Waals surface area contributed by atoms with E-state index in [2.05, 4.69) is 10.3 Å². The molecule has 3 rings (SSSR count). The molecule has 1 aliphatic rings. The van der Waals surface area contributed by atoms with Gasteiger partial charge in [-0.25, -0.2) is 4.98 Å². The fourth-order valence-corrected chi connectivity index (χ4v) is 3.07. The molecular formula is C15H18ClN3O2S. The topological polar surface area (TPSA) is 77.2 Å². The summed E-state index contributed by atoms with van der Waals surface area (Å²) >= 11 is 1.45. The minimum atomic E-state index is -0.850. The van der Waals surface area contributed by atoms with Crippen LogP contribution in [0, 0.1) is 0 Å². The lowest BCUT2D eigenvalue weighted by molar-refractivity contribution is -0.124. The van der Waals surface area contributed by atoms with Crippen molar-refractivity contribution in [3.05, 3.63) is 36.5 Å². The van der Waals surface area contributed by atoms with E-state index in [1.54, 1.807) is 6.20 Å². The SMILES string of the molecule is Cl.NC1(C(=O)Nc2ncc(-c3ccccc3)s2)CCOCC1. The number of nitrogens with zero attached hydrogens (tertiary/aromatic N) is 1. The van der Waals surface area contributed by atoms with E-state index >= 15 is 0 Å². The van der Waals surface area contributed by atoms with Crippen LogP contribution in [0.5, 0.6) is 0 Å². The number of amides is 1. The second kappa shape index (κ2) is 7.19. The van der Waals surface area contributed by atoms with Crippen molar-refractivity contribution in [1.82, 2.24) is 4.98 Å². The van der Waals surface area contributed by atoms with E-state index in [0.717, 1.165) is 10.4 Å². The zero-order valence-electron chi connectivity index (χ0n) is 12.0. The molecule has 1 aliphatic heterocycles. The first-order valence-corrected chi connectivity index (χ1v) is 7.68. The molecular weight excluding hydrogens is 322 g/mol. The van der Waals surface area contributed by atoms with Gasteiger partial charge in [-0.15, -0.1) is 12.4 Å². The van der Waals surface area contributed by atoms with Gasteiger partial charge in [0.25, 0.3) is 0 Å². The van der Waals surface area contributed by atoms with Crippen molar-refractivity contribution in [2.75, 3.05) is 18.5 Å². The van der Waals surface area contributed by atoms with Crippen LogP contribution in [0.4, 0.5) is 5.13 Å². The Kier molecular flexibility index (Phi) is 5.52. The lowest BCUT2D eigenvalue weighted by atomic mass is 9.90. The smallest absolute Gasteiger partial charge is 0.246 e. The number of halogens is 1. The van der Waals surface area contributed by atoms with E-state index in [0.29, 0.717) is 31.2 Å². The van der Waals surface area contributed by atoms with Crippen LogP contribution >= 0.6 is 23.7 Å². The number of hydrogen-bond donors (Lipinski definition) is 2. The molecule has 3 N–H and O–H groups in total. The Balaban J connectivity index is 0.00000176. The van der Waals surface area contributed by atoms with Crippen molar-refractivity contribution in [3.63, 3.8) is 0 Å². The summed E-state index contributed by atoms with van der Waals surface area (Å²) in [6.45, 7) is 1.05. The molecule has 0 bridgehead atoms. The van der Waals surface area contributed by atoms with Crippen LogP contribution in [0.1, 0.15) is 12.8 Å². The predicted octanol–water partition coefficient (Wildman–Crippen LogP) is 2.68. The molecule has 1 aromatic heterocycles. The monoisotopic (exact) mass is 339 g/mol. The van der Waals surface area contributed by atoms with E-state index < -0.39 is 5.54 Å². The van der Waals surface area contributed by atoms with Gasteiger partial charge in [0.1, 0.15) is 5.54 Å². The van der Waals surface area contributed by atoms with Crippen molar-refractivity contribution >= 4 is 34.8 Å². The summed E-state index contributed by atoms with van der Waals surface area (Å²) in [6, 6.07) is 9.95. The summed E-state index contributed by atoms with van der Waals surface area (Å²) in [6.07, 6.45) is 2.84. The zero-order chi connectivity index (χ0) is 14.7. The van der Waals surface area contributed by atoms with Crippen molar-refractivity contribution in [2.24, 2.45) is 5.73 Å². The van der Waals surface area contributed by atoms with Gasteiger partial charge in [0.2, 0.25) is 5.91 Å². The number of nitrogens with two attached hydrogens (primary N) is 1. The van der Waals surface area contributed by atoms with Gasteiger partial charge >= 0.3 is 0 Å². The zero-order valence-corrected chi connectivity index (χ0v) is 13.6. The molecule has 0 unspecified atom stereocenters. The van der Waals surface area contributed by atoms with Gasteiger partial charge in [-0.2, -0.15) is 0 Å². The van der Waals surface area contributed by atoms with Crippen molar-refractivity contribution in [2.45, 2.75) is 18.4 Å². The van der Waals surface area contributed by atoms with E-state index in [1.807, 2.05) is 30.3 Å². The Labute approximate surface area is 139 Å². The summed E-state index contributed by atoms with van der Waals surface area (Å²) in [5, 5.41) is 3.41. The predicted molar refractivity (Wildman–Crippen MR) is 90.4 cm³/mol. The van der Waals surface area contributed by atoms with E-state index in [9.17, 15) is 4.79 Å². The highest BCUT2D eigenvalue weighted by atomic mass is 35.5. The van der Waals surface area contributed by atoms with Crippen LogP contribution in [-0.2, 0) is 9.53 Å². The number of ether oxygens (including phenoxy) is 1. The molecule has 2 heterocycles. The molecule has 7 heteroatoms. The third-order valence-electron chi connectivity index (χ3n) is 3.62. The quantitative estimate of drug-likeness (QED) is 0.901. The Morgan fingerprint density at radius 2 is 1.95 bits per heavy atom. The molecule has 1 saturated heterocycles. The fourth-order valence-electron chi connectivity index (χ4n) is 2.25. The number of thiazole rings is 1. The lowest BCUT2D eigenvalue weighted by Gasteiger charge is -2.31. The number of carbonyl (C=O) groups is 1. The Morgan fingerprint density at radius 1 is 1.27 bits per heavy atom. The van der Waals surface area contributed by atoms with Crippen LogP contribution in [0.25, 0.3) is 10.4 Å². The number of carbonyl (C=O) groups excluding carboxylic acids is 1. The third-order valence-corrected chi connectivity index (χ3v) is 4.58. The van der Waals surface area contributed by atoms with Crippen LogP contribution < -0.4 is 11.1 Å². The molecule has 0 aliphatic carbocycles. The number of rotatable bonds is 3. The van der Waals surface area contributed by atoms with Gasteiger partial charge in [-0.3, -0.25) is 4.79 Å². The minimum absolute atomic E-state index is 0. The Hall–Kier alpha value is -1.47. The largest absolute Gasteiger partial charge is 0.381 e. The first-order valence-electron chi connectivity index (χ1n) is 6.87. The van der Waals surface area contributed by atoms with Gasteiger partial charge in [-0.1, -0.05) is 41.7 Å². The van der Waals surface area contributed by atoms with Gasteiger partial charge in [0, 0.05) is 19.4 Å². The first kappa shape index (κ1) is 16.9. The first-order chi connectivity index (χ1) is 10.2. The highest BCUT2D eigenvalue weighted by Gasteiger charge is 2.36. The number of hydrogen-bond acceptors (Lipinski definition) is 5. The standard InChI is InChI=1S/C15H17N3O2S.ClH/c16-15(6-8-20-9-7-15)13(19)18-14-17-10-12(21-14)11-4-2-1-3-5-11;/h1-5,10H,6-9,16H2,(H,17,18,19);1H. The molecule has 22 heavy (non-hydrogen) atoms. The fraction of sp³-hybridized carbons (Fsp3) is 0.333. The summed E-state index contributed by atoms with van der Waals surface area (Å²) in [4.78, 5) is 17.6. The highest BCUT2D eigenvalue weighted by Crippen LogP contribution is 2.29. The van der Waals surface area contributed by atoms with Crippen LogP contribution in [0.3, 0.4) is 0 Å². The maximum absolute atomic E-state index is 12.3. The van der Waals surface area contributed by atoms with Gasteiger partial charge < -0.3 is 15.8 Å². The molecule has 0 atom stereocenters. The third kappa shape index (κ3) is 3.64. The van der Waals surface area contributed by atoms with Gasteiger partial charge in [0.15, 0.2) is 5.13 Å². The average molecular weight is 340 g/mol. The molecule has 2 aromatic rings. The number of benzene rings is 1. The summed E-state index contributed by atoms with van der Waals surface area (Å²) in [5.74, 6) is -0.181. The Morgan fingerprint density at radius 3 is 2.64 bits per heavy atom. The van der Waals surface area contributed by atoms with E-state index in [1.165, 1.54) is 11.3 Å². The molecule has 1 fully saturated rings. The summed E-state index contributed by atoms with van der Waals surface area (Å²) in [7, 11) is 0. The molecule has 1 aromatic carbocycles. The van der Waals surface area contributed by atoms with E-state index in [-0.39, 0.29) is 18.3 Å².